The summed E-state index contributed by atoms with van der Waals surface area (Å²) in [6.45, 7) is 1.67. The van der Waals surface area contributed by atoms with Crippen molar-refractivity contribution in [3.8, 4) is 12.1 Å². The molecule has 0 aliphatic heterocycles. The number of hydrogen-bond acceptors (Lipinski definition) is 6. The van der Waals surface area contributed by atoms with Gasteiger partial charge < -0.3 is 8.83 Å². The Bertz CT molecular complexity index is 1470. The summed E-state index contributed by atoms with van der Waals surface area (Å²) in [5.41, 5.74) is -0.271. The van der Waals surface area contributed by atoms with Gasteiger partial charge in [-0.25, -0.2) is 9.59 Å². The van der Waals surface area contributed by atoms with Crippen LogP contribution in [-0.2, 0) is 11.8 Å². The maximum atomic E-state index is 11.5. The molecule has 1 aliphatic carbocycles. The maximum absolute atomic E-state index is 11.5. The quantitative estimate of drug-likeness (QED) is 0.245. The minimum atomic E-state index is -0.661. The van der Waals surface area contributed by atoms with Crippen LogP contribution in [0.25, 0.3) is 11.0 Å². The highest BCUT2D eigenvalue weighted by Crippen LogP contribution is 2.35. The van der Waals surface area contributed by atoms with E-state index in [-0.39, 0.29) is 22.9 Å². The van der Waals surface area contributed by atoms with Crippen LogP contribution in [0.2, 0.25) is 10.0 Å². The lowest BCUT2D eigenvalue weighted by atomic mass is 9.81. The van der Waals surface area contributed by atoms with Crippen molar-refractivity contribution < 1.29 is 8.83 Å². The Balaban J connectivity index is 0.000000186. The number of rotatable bonds is 2. The van der Waals surface area contributed by atoms with Crippen molar-refractivity contribution in [1.82, 2.24) is 0 Å². The Hall–Kier alpha value is -2.74. The number of nitriles is 2. The van der Waals surface area contributed by atoms with Gasteiger partial charge in [-0.15, -0.1) is 23.2 Å². The van der Waals surface area contributed by atoms with Crippen molar-refractivity contribution in [2.75, 3.05) is 11.8 Å². The van der Waals surface area contributed by atoms with Crippen LogP contribution >= 0.6 is 46.4 Å². The molecule has 0 fully saturated rings. The van der Waals surface area contributed by atoms with Gasteiger partial charge in [0, 0.05) is 23.2 Å². The van der Waals surface area contributed by atoms with Crippen molar-refractivity contribution in [2.45, 2.75) is 18.8 Å². The molecular formula is C23H14Cl4N2O4. The van der Waals surface area contributed by atoms with Crippen molar-refractivity contribution >= 4 is 57.4 Å². The summed E-state index contributed by atoms with van der Waals surface area (Å²) in [7, 11) is 0. The zero-order chi connectivity index (χ0) is 24.3. The van der Waals surface area contributed by atoms with Crippen LogP contribution in [0.3, 0.4) is 0 Å². The number of alkyl halides is 2. The van der Waals surface area contributed by atoms with Crippen LogP contribution in [0.15, 0.2) is 48.8 Å². The van der Waals surface area contributed by atoms with E-state index in [1.165, 1.54) is 6.07 Å². The molecule has 4 rings (SSSR count). The lowest BCUT2D eigenvalue weighted by Crippen LogP contribution is -2.33. The van der Waals surface area contributed by atoms with Crippen molar-refractivity contribution in [1.29, 1.82) is 10.5 Å². The Morgan fingerprint density at radius 3 is 2.27 bits per heavy atom. The summed E-state index contributed by atoms with van der Waals surface area (Å²) in [6.07, 6.45) is 4.40. The first kappa shape index (κ1) is 24.9. The predicted octanol–water partition coefficient (Wildman–Crippen LogP) is 5.62. The SMILES string of the molecule is Cc1c(C#N)c(=O)oc2cc(Cl)c(Cl)cc12.N#Cc1cc2c(oc1=O)C(CCl)(CCl)C=CC2. The number of hydrogen-bond donors (Lipinski definition) is 0. The maximum Gasteiger partial charge on any atom is 0.354 e. The molecule has 0 N–H and O–H groups in total. The fourth-order valence-corrected chi connectivity index (χ4v) is 4.39. The van der Waals surface area contributed by atoms with E-state index in [1.54, 1.807) is 19.1 Å². The number of fused-ring (bicyclic) bond motifs is 2. The van der Waals surface area contributed by atoms with E-state index in [2.05, 4.69) is 0 Å². The molecule has 0 saturated heterocycles. The largest absolute Gasteiger partial charge is 0.426 e. The Labute approximate surface area is 208 Å². The summed E-state index contributed by atoms with van der Waals surface area (Å²) in [5.74, 6) is 0.943. The van der Waals surface area contributed by atoms with Crippen LogP contribution < -0.4 is 11.3 Å². The molecule has 2 aromatic heterocycles. The average molecular weight is 524 g/mol. The third-order valence-corrected chi connectivity index (χ3v) is 6.85. The van der Waals surface area contributed by atoms with Gasteiger partial charge in [0.25, 0.3) is 0 Å². The molecule has 0 unspecified atom stereocenters. The molecular weight excluding hydrogens is 510 g/mol. The smallest absolute Gasteiger partial charge is 0.354 e. The number of benzene rings is 1. The number of aryl methyl sites for hydroxylation is 1. The van der Waals surface area contributed by atoms with Crippen molar-refractivity contribution in [2.24, 2.45) is 0 Å². The highest BCUT2D eigenvalue weighted by Gasteiger charge is 2.35. The molecule has 1 aliphatic rings. The molecule has 0 saturated carbocycles. The van der Waals surface area contributed by atoms with Gasteiger partial charge in [-0.1, -0.05) is 35.4 Å². The van der Waals surface area contributed by atoms with Gasteiger partial charge in [-0.3, -0.25) is 0 Å². The van der Waals surface area contributed by atoms with E-state index in [4.69, 9.17) is 65.8 Å². The molecule has 10 heteroatoms. The highest BCUT2D eigenvalue weighted by atomic mass is 35.5. The Morgan fingerprint density at radius 2 is 1.67 bits per heavy atom. The van der Waals surface area contributed by atoms with Crippen molar-refractivity contribution in [3.05, 3.63) is 89.3 Å². The standard InChI is InChI=1S/C12H9Cl2NO2.C11H5Cl2NO2/c13-6-12(7-14)3-1-2-8-4-9(5-15)11(16)17-10(8)12;1-5-6-2-8(12)9(13)3-10(6)16-11(15)7(5)4-14/h1,3-4H,2,6-7H2;2-3H,1H3. The summed E-state index contributed by atoms with van der Waals surface area (Å²) in [6, 6.07) is 8.22. The van der Waals surface area contributed by atoms with Gasteiger partial charge >= 0.3 is 11.3 Å². The molecule has 33 heavy (non-hydrogen) atoms. The molecule has 1 aromatic carbocycles. The summed E-state index contributed by atoms with van der Waals surface area (Å²) >= 11 is 23.5. The highest BCUT2D eigenvalue weighted by molar-refractivity contribution is 6.42. The monoisotopic (exact) mass is 522 g/mol. The topological polar surface area (TPSA) is 108 Å². The van der Waals surface area contributed by atoms with Gasteiger partial charge in [-0.2, -0.15) is 10.5 Å². The number of allylic oxidation sites excluding steroid dienone is 2. The van der Waals surface area contributed by atoms with Crippen LogP contribution in [-0.4, -0.2) is 11.8 Å². The molecule has 0 spiro atoms. The second-order valence-corrected chi connectivity index (χ2v) is 8.56. The summed E-state index contributed by atoms with van der Waals surface area (Å²) < 4.78 is 10.2. The zero-order valence-corrected chi connectivity index (χ0v) is 20.1. The molecule has 0 atom stereocenters. The van der Waals surface area contributed by atoms with Crippen LogP contribution in [0.1, 0.15) is 28.0 Å². The molecule has 0 amide bonds. The first-order valence-corrected chi connectivity index (χ1v) is 11.2. The van der Waals surface area contributed by atoms with E-state index >= 15 is 0 Å². The average Bonchev–Trinajstić information content (AvgIpc) is 2.80. The molecule has 6 nitrogen and oxygen atoms in total. The minimum Gasteiger partial charge on any atom is -0.426 e. The Kier molecular flexibility index (Phi) is 7.57. The first-order valence-electron chi connectivity index (χ1n) is 9.41. The molecule has 168 valence electrons. The zero-order valence-electron chi connectivity index (χ0n) is 17.0. The van der Waals surface area contributed by atoms with Crippen LogP contribution in [0.4, 0.5) is 0 Å². The summed E-state index contributed by atoms with van der Waals surface area (Å²) in [4.78, 5) is 23.0. The van der Waals surface area contributed by atoms with Crippen LogP contribution in [0.5, 0.6) is 0 Å². The number of nitrogens with zero attached hydrogens (tertiary/aromatic N) is 2. The van der Waals surface area contributed by atoms with Gasteiger partial charge in [0.05, 0.1) is 15.5 Å². The minimum absolute atomic E-state index is 0.00844. The molecule has 2 heterocycles. The molecule has 3 aromatic rings. The first-order chi connectivity index (χ1) is 15.7. The van der Waals surface area contributed by atoms with E-state index < -0.39 is 16.7 Å². The fraction of sp³-hybridized carbons (Fsp3) is 0.217. The second kappa shape index (κ2) is 10.0. The Morgan fingerprint density at radius 1 is 1.00 bits per heavy atom. The lowest BCUT2D eigenvalue weighted by molar-refractivity contribution is 0.393. The lowest BCUT2D eigenvalue weighted by Gasteiger charge is -2.29. The van der Waals surface area contributed by atoms with Crippen LogP contribution in [0, 0.1) is 29.6 Å². The fourth-order valence-electron chi connectivity index (χ4n) is 3.37. The van der Waals surface area contributed by atoms with Gasteiger partial charge in [0.15, 0.2) is 0 Å². The third kappa shape index (κ3) is 4.67. The normalized spacial score (nSPS) is 13.4. The van der Waals surface area contributed by atoms with Gasteiger partial charge in [-0.05, 0) is 36.6 Å². The van der Waals surface area contributed by atoms with E-state index in [0.29, 0.717) is 38.8 Å². The second-order valence-electron chi connectivity index (χ2n) is 7.21. The van der Waals surface area contributed by atoms with E-state index in [1.807, 2.05) is 24.3 Å². The molecule has 0 radical (unpaired) electrons. The van der Waals surface area contributed by atoms with Gasteiger partial charge in [0.2, 0.25) is 0 Å². The van der Waals surface area contributed by atoms with E-state index in [0.717, 1.165) is 5.56 Å². The predicted molar refractivity (Wildman–Crippen MR) is 128 cm³/mol. The van der Waals surface area contributed by atoms with E-state index in [9.17, 15) is 9.59 Å². The third-order valence-electron chi connectivity index (χ3n) is 5.17. The number of halogens is 4. The molecule has 0 bridgehead atoms. The van der Waals surface area contributed by atoms with Gasteiger partial charge in [0.1, 0.15) is 34.6 Å². The summed E-state index contributed by atoms with van der Waals surface area (Å²) in [5, 5.41) is 18.9. The van der Waals surface area contributed by atoms with Crippen molar-refractivity contribution in [3.63, 3.8) is 0 Å².